The number of esters is 1. The van der Waals surface area contributed by atoms with Crippen LogP contribution in [0, 0.1) is 0 Å². The maximum atomic E-state index is 12.0. The van der Waals surface area contributed by atoms with Gasteiger partial charge in [-0.25, -0.2) is 4.79 Å². The summed E-state index contributed by atoms with van der Waals surface area (Å²) in [6, 6.07) is 11.6. The summed E-state index contributed by atoms with van der Waals surface area (Å²) in [4.78, 5) is 12.0. The van der Waals surface area contributed by atoms with Gasteiger partial charge in [0.15, 0.2) is 0 Å². The highest BCUT2D eigenvalue weighted by Crippen LogP contribution is 2.20. The third-order valence-electron chi connectivity index (χ3n) is 2.77. The highest BCUT2D eigenvalue weighted by molar-refractivity contribution is 5.95. The molecular formula is C16H19NO2. The van der Waals surface area contributed by atoms with Crippen LogP contribution in [0.25, 0.3) is 10.8 Å². The predicted molar refractivity (Wildman–Crippen MR) is 77.0 cm³/mol. The SMILES string of the molecule is CC(C)(C)OC(=O)c1ccc2cc(CN)ccc2c1. The molecule has 0 atom stereocenters. The Bertz CT molecular complexity index is 612. The fraction of sp³-hybridized carbons (Fsp3) is 0.312. The van der Waals surface area contributed by atoms with Crippen molar-refractivity contribution in [3.05, 3.63) is 47.5 Å². The van der Waals surface area contributed by atoms with Gasteiger partial charge < -0.3 is 10.5 Å². The van der Waals surface area contributed by atoms with Gasteiger partial charge in [0.05, 0.1) is 5.56 Å². The molecule has 0 radical (unpaired) electrons. The molecule has 0 aliphatic heterocycles. The number of benzene rings is 2. The van der Waals surface area contributed by atoms with E-state index in [1.165, 1.54) is 0 Å². The van der Waals surface area contributed by atoms with Crippen LogP contribution in [0.5, 0.6) is 0 Å². The zero-order valence-corrected chi connectivity index (χ0v) is 11.6. The molecule has 0 aliphatic carbocycles. The van der Waals surface area contributed by atoms with Gasteiger partial charge in [0, 0.05) is 6.54 Å². The Morgan fingerprint density at radius 1 is 1.11 bits per heavy atom. The topological polar surface area (TPSA) is 52.3 Å². The second kappa shape index (κ2) is 5.02. The molecule has 0 aromatic heterocycles. The van der Waals surface area contributed by atoms with Crippen molar-refractivity contribution in [1.82, 2.24) is 0 Å². The number of hydrogen-bond acceptors (Lipinski definition) is 3. The molecule has 0 saturated heterocycles. The highest BCUT2D eigenvalue weighted by Gasteiger charge is 2.17. The van der Waals surface area contributed by atoms with Gasteiger partial charge >= 0.3 is 5.97 Å². The number of fused-ring (bicyclic) bond motifs is 1. The maximum absolute atomic E-state index is 12.0. The van der Waals surface area contributed by atoms with E-state index in [9.17, 15) is 4.79 Å². The molecule has 0 unspecified atom stereocenters. The molecule has 0 fully saturated rings. The van der Waals surface area contributed by atoms with Crippen LogP contribution in [0.3, 0.4) is 0 Å². The fourth-order valence-corrected chi connectivity index (χ4v) is 1.89. The van der Waals surface area contributed by atoms with Gasteiger partial charge in [-0.15, -0.1) is 0 Å². The Kier molecular flexibility index (Phi) is 3.58. The van der Waals surface area contributed by atoms with Gasteiger partial charge in [-0.3, -0.25) is 0 Å². The fourth-order valence-electron chi connectivity index (χ4n) is 1.89. The minimum Gasteiger partial charge on any atom is -0.456 e. The van der Waals surface area contributed by atoms with Gasteiger partial charge in [0.1, 0.15) is 5.60 Å². The molecule has 19 heavy (non-hydrogen) atoms. The normalized spacial score (nSPS) is 11.6. The Morgan fingerprint density at radius 2 is 1.74 bits per heavy atom. The maximum Gasteiger partial charge on any atom is 0.338 e. The van der Waals surface area contributed by atoms with E-state index in [1.807, 2.05) is 51.1 Å². The summed E-state index contributed by atoms with van der Waals surface area (Å²) in [5, 5.41) is 2.09. The molecule has 2 aromatic carbocycles. The number of ether oxygens (including phenoxy) is 1. The molecular weight excluding hydrogens is 238 g/mol. The van der Waals surface area contributed by atoms with Crippen LogP contribution in [0.4, 0.5) is 0 Å². The van der Waals surface area contributed by atoms with Crippen molar-refractivity contribution in [2.75, 3.05) is 0 Å². The number of carbonyl (C=O) groups is 1. The Labute approximate surface area is 113 Å². The van der Waals surface area contributed by atoms with Crippen LogP contribution < -0.4 is 5.73 Å². The molecule has 2 aromatic rings. The molecule has 3 heteroatoms. The van der Waals surface area contributed by atoms with E-state index in [1.54, 1.807) is 6.07 Å². The highest BCUT2D eigenvalue weighted by atomic mass is 16.6. The van der Waals surface area contributed by atoms with Gasteiger partial charge in [-0.05, 0) is 55.3 Å². The zero-order chi connectivity index (χ0) is 14.0. The molecule has 0 saturated carbocycles. The van der Waals surface area contributed by atoms with E-state index >= 15 is 0 Å². The van der Waals surface area contributed by atoms with Crippen molar-refractivity contribution in [1.29, 1.82) is 0 Å². The van der Waals surface area contributed by atoms with E-state index < -0.39 is 5.60 Å². The molecule has 0 bridgehead atoms. The van der Waals surface area contributed by atoms with Crippen molar-refractivity contribution < 1.29 is 9.53 Å². The summed E-state index contributed by atoms with van der Waals surface area (Å²) in [5.41, 5.74) is 6.79. The van der Waals surface area contributed by atoms with Crippen LogP contribution in [0.1, 0.15) is 36.7 Å². The van der Waals surface area contributed by atoms with Crippen molar-refractivity contribution in [2.45, 2.75) is 32.9 Å². The average Bonchev–Trinajstić information content (AvgIpc) is 2.35. The lowest BCUT2D eigenvalue weighted by Gasteiger charge is -2.19. The first-order valence-corrected chi connectivity index (χ1v) is 6.35. The Balaban J connectivity index is 2.34. The minimum absolute atomic E-state index is 0.294. The molecule has 0 aliphatic rings. The van der Waals surface area contributed by atoms with E-state index in [2.05, 4.69) is 0 Å². The summed E-state index contributed by atoms with van der Waals surface area (Å²) < 4.78 is 5.36. The van der Waals surface area contributed by atoms with Crippen molar-refractivity contribution in [2.24, 2.45) is 5.73 Å². The third-order valence-corrected chi connectivity index (χ3v) is 2.77. The smallest absolute Gasteiger partial charge is 0.338 e. The molecule has 3 nitrogen and oxygen atoms in total. The minimum atomic E-state index is -0.477. The number of carbonyl (C=O) groups excluding carboxylic acids is 1. The van der Waals surface area contributed by atoms with Gasteiger partial charge in [0.2, 0.25) is 0 Å². The van der Waals surface area contributed by atoms with E-state index in [4.69, 9.17) is 10.5 Å². The predicted octanol–water partition coefficient (Wildman–Crippen LogP) is 3.25. The van der Waals surface area contributed by atoms with Crippen molar-refractivity contribution >= 4 is 16.7 Å². The lowest BCUT2D eigenvalue weighted by molar-refractivity contribution is 0.00697. The van der Waals surface area contributed by atoms with E-state index in [-0.39, 0.29) is 5.97 Å². The second-order valence-corrected chi connectivity index (χ2v) is 5.60. The summed E-state index contributed by atoms with van der Waals surface area (Å²) >= 11 is 0. The van der Waals surface area contributed by atoms with Crippen LogP contribution >= 0.6 is 0 Å². The first-order chi connectivity index (χ1) is 8.89. The monoisotopic (exact) mass is 257 g/mol. The first kappa shape index (κ1) is 13.6. The van der Waals surface area contributed by atoms with E-state index in [0.717, 1.165) is 16.3 Å². The lowest BCUT2D eigenvalue weighted by atomic mass is 10.0. The molecule has 2 rings (SSSR count). The first-order valence-electron chi connectivity index (χ1n) is 6.35. The van der Waals surface area contributed by atoms with Crippen molar-refractivity contribution in [3.8, 4) is 0 Å². The van der Waals surface area contributed by atoms with Crippen LogP contribution in [0.15, 0.2) is 36.4 Å². The molecule has 0 heterocycles. The lowest BCUT2D eigenvalue weighted by Crippen LogP contribution is -2.23. The van der Waals surface area contributed by atoms with Crippen molar-refractivity contribution in [3.63, 3.8) is 0 Å². The molecule has 100 valence electrons. The van der Waals surface area contributed by atoms with Gasteiger partial charge in [-0.1, -0.05) is 18.2 Å². The zero-order valence-electron chi connectivity index (χ0n) is 11.6. The third kappa shape index (κ3) is 3.32. The Morgan fingerprint density at radius 3 is 2.37 bits per heavy atom. The van der Waals surface area contributed by atoms with Gasteiger partial charge in [-0.2, -0.15) is 0 Å². The number of rotatable bonds is 2. The van der Waals surface area contributed by atoms with Crippen LogP contribution in [0.2, 0.25) is 0 Å². The average molecular weight is 257 g/mol. The van der Waals surface area contributed by atoms with Gasteiger partial charge in [0.25, 0.3) is 0 Å². The number of hydrogen-bond donors (Lipinski definition) is 1. The summed E-state index contributed by atoms with van der Waals surface area (Å²) in [6.07, 6.45) is 0. The summed E-state index contributed by atoms with van der Waals surface area (Å²) in [5.74, 6) is -0.294. The van der Waals surface area contributed by atoms with Crippen LogP contribution in [-0.4, -0.2) is 11.6 Å². The largest absolute Gasteiger partial charge is 0.456 e. The number of nitrogens with two attached hydrogens (primary N) is 1. The standard InChI is InChI=1S/C16H19NO2/c1-16(2,3)19-15(18)14-7-6-12-8-11(10-17)4-5-13(12)9-14/h4-9H,10,17H2,1-3H3. The summed E-state index contributed by atoms with van der Waals surface area (Å²) in [6.45, 7) is 6.10. The Hall–Kier alpha value is -1.87. The van der Waals surface area contributed by atoms with E-state index in [0.29, 0.717) is 12.1 Å². The second-order valence-electron chi connectivity index (χ2n) is 5.60. The molecule has 0 amide bonds. The molecule has 2 N–H and O–H groups in total. The van der Waals surface area contributed by atoms with Crippen LogP contribution in [-0.2, 0) is 11.3 Å². The molecule has 0 spiro atoms. The summed E-state index contributed by atoms with van der Waals surface area (Å²) in [7, 11) is 0. The quantitative estimate of drug-likeness (QED) is 0.840.